The van der Waals surface area contributed by atoms with Crippen LogP contribution in [0.1, 0.15) is 26.2 Å². The molecule has 0 aliphatic carbocycles. The predicted octanol–water partition coefficient (Wildman–Crippen LogP) is 1.16. The lowest BCUT2D eigenvalue weighted by Gasteiger charge is -2.04. The molecule has 0 bridgehead atoms. The Morgan fingerprint density at radius 2 is 2.27 bits per heavy atom. The van der Waals surface area contributed by atoms with Gasteiger partial charge in [0, 0.05) is 12.8 Å². The zero-order valence-corrected chi connectivity index (χ0v) is 7.00. The van der Waals surface area contributed by atoms with Crippen molar-refractivity contribution in [3.63, 3.8) is 0 Å². The third-order valence-electron chi connectivity index (χ3n) is 1.57. The van der Waals surface area contributed by atoms with E-state index in [0.29, 0.717) is 12.8 Å². The smallest absolute Gasteiger partial charge is 0.305 e. The highest BCUT2D eigenvalue weighted by molar-refractivity contribution is 5.69. The minimum Gasteiger partial charge on any atom is -0.469 e. The van der Waals surface area contributed by atoms with E-state index in [1.807, 2.05) is 6.92 Å². The van der Waals surface area contributed by atoms with Crippen LogP contribution in [-0.2, 0) is 14.3 Å². The molecule has 0 spiro atoms. The summed E-state index contributed by atoms with van der Waals surface area (Å²) < 4.78 is 4.45. The molecule has 0 rings (SSSR count). The highest BCUT2D eigenvalue weighted by atomic mass is 16.5. The number of hydrogen-bond donors (Lipinski definition) is 0. The topological polar surface area (TPSA) is 43.4 Å². The lowest BCUT2D eigenvalue weighted by atomic mass is 10.0. The molecule has 0 heterocycles. The van der Waals surface area contributed by atoms with Gasteiger partial charge in [0.1, 0.15) is 6.29 Å². The molecule has 0 saturated heterocycles. The molecule has 3 nitrogen and oxygen atoms in total. The molecule has 0 aliphatic heterocycles. The predicted molar refractivity (Wildman–Crippen MR) is 41.1 cm³/mol. The van der Waals surface area contributed by atoms with Gasteiger partial charge in [-0.1, -0.05) is 6.92 Å². The molecule has 0 fully saturated rings. The van der Waals surface area contributed by atoms with Crippen LogP contribution in [0.25, 0.3) is 0 Å². The summed E-state index contributed by atoms with van der Waals surface area (Å²) in [4.78, 5) is 20.6. The molecule has 1 atom stereocenters. The maximum atomic E-state index is 10.6. The minimum atomic E-state index is -0.206. The van der Waals surface area contributed by atoms with Crippen molar-refractivity contribution in [1.29, 1.82) is 0 Å². The number of aldehydes is 1. The molecule has 0 amide bonds. The van der Waals surface area contributed by atoms with E-state index in [9.17, 15) is 9.59 Å². The Bertz CT molecular complexity index is 131. The minimum absolute atomic E-state index is 0.206. The first kappa shape index (κ1) is 10.1. The average molecular weight is 158 g/mol. The number of methoxy groups -OCH3 is 1. The lowest BCUT2D eigenvalue weighted by molar-refractivity contribution is -0.141. The zero-order valence-electron chi connectivity index (χ0n) is 7.00. The van der Waals surface area contributed by atoms with Crippen LogP contribution in [0, 0.1) is 5.92 Å². The molecular formula is C8H14O3. The van der Waals surface area contributed by atoms with Gasteiger partial charge in [0.15, 0.2) is 0 Å². The molecule has 3 heteroatoms. The van der Waals surface area contributed by atoms with Crippen LogP contribution in [0.2, 0.25) is 0 Å². The van der Waals surface area contributed by atoms with Crippen molar-refractivity contribution in [3.05, 3.63) is 0 Å². The molecule has 0 aromatic carbocycles. The number of carbonyl (C=O) groups excluding carboxylic acids is 2. The Morgan fingerprint density at radius 1 is 1.64 bits per heavy atom. The van der Waals surface area contributed by atoms with E-state index in [1.54, 1.807) is 0 Å². The van der Waals surface area contributed by atoms with Crippen LogP contribution in [0.15, 0.2) is 0 Å². The van der Waals surface area contributed by atoms with Crippen LogP contribution >= 0.6 is 0 Å². The summed E-state index contributed by atoms with van der Waals surface area (Å²) in [6.07, 6.45) is 2.54. The van der Waals surface area contributed by atoms with Gasteiger partial charge in [-0.3, -0.25) is 4.79 Å². The van der Waals surface area contributed by atoms with Crippen molar-refractivity contribution in [2.24, 2.45) is 5.92 Å². The van der Waals surface area contributed by atoms with E-state index in [4.69, 9.17) is 0 Å². The monoisotopic (exact) mass is 158 g/mol. The summed E-state index contributed by atoms with van der Waals surface area (Å²) >= 11 is 0. The summed E-state index contributed by atoms with van der Waals surface area (Å²) in [7, 11) is 1.37. The normalized spacial score (nSPS) is 12.2. The van der Waals surface area contributed by atoms with E-state index in [-0.39, 0.29) is 11.9 Å². The van der Waals surface area contributed by atoms with Crippen molar-refractivity contribution < 1.29 is 14.3 Å². The fraction of sp³-hybridized carbons (Fsp3) is 0.750. The third kappa shape index (κ3) is 5.58. The number of hydrogen-bond acceptors (Lipinski definition) is 3. The second-order valence-corrected chi connectivity index (χ2v) is 2.62. The van der Waals surface area contributed by atoms with Crippen molar-refractivity contribution in [2.75, 3.05) is 7.11 Å². The number of carbonyl (C=O) groups is 2. The molecule has 0 radical (unpaired) electrons. The van der Waals surface area contributed by atoms with E-state index >= 15 is 0 Å². The summed E-state index contributed by atoms with van der Waals surface area (Å²) in [6.45, 7) is 1.94. The number of esters is 1. The highest BCUT2D eigenvalue weighted by Gasteiger charge is 2.05. The van der Waals surface area contributed by atoms with Gasteiger partial charge >= 0.3 is 5.97 Å². The molecule has 1 unspecified atom stereocenters. The van der Waals surface area contributed by atoms with Gasteiger partial charge in [-0.25, -0.2) is 0 Å². The summed E-state index contributed by atoms with van der Waals surface area (Å²) in [5, 5.41) is 0. The Kier molecular flexibility index (Phi) is 5.43. The van der Waals surface area contributed by atoms with Crippen LogP contribution in [0.5, 0.6) is 0 Å². The largest absolute Gasteiger partial charge is 0.469 e. The van der Waals surface area contributed by atoms with Gasteiger partial charge in [0.25, 0.3) is 0 Å². The Hall–Kier alpha value is -0.860. The van der Waals surface area contributed by atoms with Gasteiger partial charge < -0.3 is 9.53 Å². The summed E-state index contributed by atoms with van der Waals surface area (Å²) in [5.74, 6) is 0.0781. The lowest BCUT2D eigenvalue weighted by Crippen LogP contribution is -2.04. The first-order valence-corrected chi connectivity index (χ1v) is 3.71. The van der Waals surface area contributed by atoms with Crippen molar-refractivity contribution >= 4 is 12.3 Å². The van der Waals surface area contributed by atoms with Crippen molar-refractivity contribution in [2.45, 2.75) is 26.2 Å². The molecule has 0 aliphatic rings. The van der Waals surface area contributed by atoms with Crippen LogP contribution in [-0.4, -0.2) is 19.4 Å². The van der Waals surface area contributed by atoms with Gasteiger partial charge in [-0.05, 0) is 12.3 Å². The summed E-state index contributed by atoms with van der Waals surface area (Å²) in [6, 6.07) is 0. The zero-order chi connectivity index (χ0) is 8.69. The van der Waals surface area contributed by atoms with E-state index < -0.39 is 0 Å². The molecule has 0 aromatic rings. The van der Waals surface area contributed by atoms with Crippen LogP contribution < -0.4 is 0 Å². The third-order valence-corrected chi connectivity index (χ3v) is 1.57. The standard InChI is InChI=1S/C8H14O3/c1-7(5-6-9)3-4-8(10)11-2/h6-7H,3-5H2,1-2H3. The van der Waals surface area contributed by atoms with Crippen molar-refractivity contribution in [3.8, 4) is 0 Å². The fourth-order valence-corrected chi connectivity index (χ4v) is 0.748. The second kappa shape index (κ2) is 5.89. The van der Waals surface area contributed by atoms with Crippen molar-refractivity contribution in [1.82, 2.24) is 0 Å². The maximum absolute atomic E-state index is 10.6. The van der Waals surface area contributed by atoms with E-state index in [0.717, 1.165) is 12.7 Å². The van der Waals surface area contributed by atoms with Gasteiger partial charge in [0.05, 0.1) is 7.11 Å². The second-order valence-electron chi connectivity index (χ2n) is 2.62. The molecule has 64 valence electrons. The fourth-order valence-electron chi connectivity index (χ4n) is 0.748. The number of ether oxygens (including phenoxy) is 1. The highest BCUT2D eigenvalue weighted by Crippen LogP contribution is 2.08. The SMILES string of the molecule is COC(=O)CCC(C)CC=O. The molecular weight excluding hydrogens is 144 g/mol. The Labute approximate surface area is 66.7 Å². The van der Waals surface area contributed by atoms with E-state index in [2.05, 4.69) is 4.74 Å². The maximum Gasteiger partial charge on any atom is 0.305 e. The average Bonchev–Trinajstić information content (AvgIpc) is 2.01. The first-order valence-electron chi connectivity index (χ1n) is 3.71. The summed E-state index contributed by atoms with van der Waals surface area (Å²) in [5.41, 5.74) is 0. The van der Waals surface area contributed by atoms with Gasteiger partial charge in [-0.15, -0.1) is 0 Å². The molecule has 0 saturated carbocycles. The molecule has 0 N–H and O–H groups in total. The quantitative estimate of drug-likeness (QED) is 0.445. The Balaban J connectivity index is 3.36. The first-order chi connectivity index (χ1) is 5.20. The van der Waals surface area contributed by atoms with Gasteiger partial charge in [-0.2, -0.15) is 0 Å². The van der Waals surface area contributed by atoms with Gasteiger partial charge in [0.2, 0.25) is 0 Å². The van der Waals surface area contributed by atoms with E-state index in [1.165, 1.54) is 7.11 Å². The molecule has 11 heavy (non-hydrogen) atoms. The number of rotatable bonds is 5. The van der Waals surface area contributed by atoms with Crippen LogP contribution in [0.4, 0.5) is 0 Å². The molecule has 0 aromatic heterocycles. The van der Waals surface area contributed by atoms with Crippen LogP contribution in [0.3, 0.4) is 0 Å². The Morgan fingerprint density at radius 3 is 2.73 bits per heavy atom.